The first-order valence-corrected chi connectivity index (χ1v) is 12.5. The van der Waals surface area contributed by atoms with Gasteiger partial charge in [0.05, 0.1) is 25.1 Å². The molecule has 9 heteroatoms. The number of hydrogen-bond acceptors (Lipinski definition) is 7. The van der Waals surface area contributed by atoms with Gasteiger partial charge < -0.3 is 24.5 Å². The van der Waals surface area contributed by atoms with Crippen LogP contribution in [-0.2, 0) is 13.2 Å². The van der Waals surface area contributed by atoms with Gasteiger partial charge in [0.15, 0.2) is 11.5 Å². The first kappa shape index (κ1) is 25.9. The van der Waals surface area contributed by atoms with Crippen molar-refractivity contribution in [2.75, 3.05) is 7.11 Å². The summed E-state index contributed by atoms with van der Waals surface area (Å²) in [6, 6.07) is 20.3. The minimum atomic E-state index is -0.765. The van der Waals surface area contributed by atoms with Crippen LogP contribution in [0.3, 0.4) is 0 Å². The van der Waals surface area contributed by atoms with Gasteiger partial charge in [-0.3, -0.25) is 9.78 Å². The van der Waals surface area contributed by atoms with E-state index < -0.39 is 5.92 Å². The predicted octanol–water partition coefficient (Wildman–Crippen LogP) is 5.06. The minimum Gasteiger partial charge on any atom is -0.493 e. The lowest BCUT2D eigenvalue weighted by Crippen LogP contribution is -2.33. The number of halogens is 1. The van der Waals surface area contributed by atoms with Gasteiger partial charge in [-0.15, -0.1) is 0 Å². The van der Waals surface area contributed by atoms with E-state index in [0.717, 1.165) is 11.1 Å². The molecule has 1 atom stereocenters. The third-order valence-electron chi connectivity index (χ3n) is 6.62. The number of allylic oxidation sites excluding steroid dienone is 1. The Morgan fingerprint density at radius 1 is 1.15 bits per heavy atom. The molecule has 0 bridgehead atoms. The van der Waals surface area contributed by atoms with E-state index >= 15 is 0 Å². The number of nitrogens with zero attached hydrogens (tertiary/aromatic N) is 3. The zero-order valence-electron chi connectivity index (χ0n) is 21.3. The number of aromatic nitrogens is 2. The number of aryl methyl sites for hydroxylation is 1. The zero-order chi connectivity index (χ0) is 27.5. The van der Waals surface area contributed by atoms with Crippen LogP contribution < -0.4 is 25.5 Å². The molecule has 196 valence electrons. The molecule has 0 fully saturated rings. The van der Waals surface area contributed by atoms with Crippen LogP contribution in [0.1, 0.15) is 33.9 Å². The van der Waals surface area contributed by atoms with Crippen molar-refractivity contribution in [3.8, 4) is 23.3 Å². The van der Waals surface area contributed by atoms with Crippen molar-refractivity contribution in [1.29, 1.82) is 5.26 Å². The second-order valence-electron chi connectivity index (χ2n) is 9.03. The lowest BCUT2D eigenvalue weighted by molar-refractivity contribution is 0.284. The van der Waals surface area contributed by atoms with Gasteiger partial charge in [0.1, 0.15) is 24.0 Å². The number of hydrogen-bond donors (Lipinski definition) is 1. The highest BCUT2D eigenvalue weighted by Crippen LogP contribution is 2.43. The standard InChI is InChI=1S/C30H25ClN4O4/c1-18-12-26-28(30(36)35(18)16-19-6-5-11-34-15-19)27(22(14-32)29(33)39-26)20-9-10-24(25(13-20)37-2)38-17-21-7-3-4-8-23(21)31/h3-13,15,27H,16-17,33H2,1-2H3. The molecule has 0 aliphatic carbocycles. The van der Waals surface area contributed by atoms with Crippen LogP contribution in [-0.4, -0.2) is 16.7 Å². The summed E-state index contributed by atoms with van der Waals surface area (Å²) in [5, 5.41) is 10.6. The fourth-order valence-corrected chi connectivity index (χ4v) is 4.83. The van der Waals surface area contributed by atoms with Crippen LogP contribution in [0, 0.1) is 18.3 Å². The number of ether oxygens (including phenoxy) is 3. The predicted molar refractivity (Wildman–Crippen MR) is 147 cm³/mol. The summed E-state index contributed by atoms with van der Waals surface area (Å²) in [4.78, 5) is 18.1. The summed E-state index contributed by atoms with van der Waals surface area (Å²) in [7, 11) is 1.53. The Morgan fingerprint density at radius 2 is 1.97 bits per heavy atom. The lowest BCUT2D eigenvalue weighted by atomic mass is 9.84. The number of rotatable bonds is 7. The van der Waals surface area contributed by atoms with E-state index in [2.05, 4.69) is 11.1 Å². The Hall–Kier alpha value is -4.74. The Balaban J connectivity index is 1.57. The van der Waals surface area contributed by atoms with E-state index in [-0.39, 0.29) is 23.6 Å². The second-order valence-corrected chi connectivity index (χ2v) is 9.44. The van der Waals surface area contributed by atoms with Gasteiger partial charge in [-0.05, 0) is 42.3 Å². The smallest absolute Gasteiger partial charge is 0.259 e. The molecule has 3 heterocycles. The average Bonchev–Trinajstić information content (AvgIpc) is 2.94. The van der Waals surface area contributed by atoms with E-state index in [4.69, 9.17) is 31.5 Å². The van der Waals surface area contributed by atoms with Gasteiger partial charge in [-0.25, -0.2) is 0 Å². The Kier molecular flexibility index (Phi) is 7.26. The Labute approximate surface area is 230 Å². The van der Waals surface area contributed by atoms with Crippen molar-refractivity contribution in [2.24, 2.45) is 5.73 Å². The first-order valence-electron chi connectivity index (χ1n) is 12.2. The lowest BCUT2D eigenvalue weighted by Gasteiger charge is -2.28. The van der Waals surface area contributed by atoms with Gasteiger partial charge in [0.25, 0.3) is 5.56 Å². The summed E-state index contributed by atoms with van der Waals surface area (Å²) in [5.74, 6) is 0.433. The van der Waals surface area contributed by atoms with Gasteiger partial charge in [0, 0.05) is 34.7 Å². The van der Waals surface area contributed by atoms with Gasteiger partial charge in [-0.2, -0.15) is 5.26 Å². The van der Waals surface area contributed by atoms with Crippen molar-refractivity contribution in [3.63, 3.8) is 0 Å². The van der Waals surface area contributed by atoms with E-state index in [1.54, 1.807) is 47.3 Å². The Morgan fingerprint density at radius 3 is 2.69 bits per heavy atom. The van der Waals surface area contributed by atoms with Gasteiger partial charge >= 0.3 is 0 Å². The number of fused-ring (bicyclic) bond motifs is 1. The molecule has 4 aromatic rings. The summed E-state index contributed by atoms with van der Waals surface area (Å²) < 4.78 is 19.0. The van der Waals surface area contributed by atoms with Gasteiger partial charge in [-0.1, -0.05) is 41.9 Å². The van der Waals surface area contributed by atoms with Gasteiger partial charge in [0.2, 0.25) is 5.88 Å². The van der Waals surface area contributed by atoms with Crippen LogP contribution in [0.25, 0.3) is 0 Å². The molecule has 8 nitrogen and oxygen atoms in total. The molecular weight excluding hydrogens is 516 g/mol. The van der Waals surface area contributed by atoms with E-state index in [1.165, 1.54) is 7.11 Å². The molecule has 5 rings (SSSR count). The van der Waals surface area contributed by atoms with E-state index in [1.807, 2.05) is 37.3 Å². The molecule has 0 saturated carbocycles. The minimum absolute atomic E-state index is 0.0446. The SMILES string of the molecule is COc1cc(C2C(C#N)=C(N)Oc3cc(C)n(Cc4cccnc4)c(=O)c32)ccc1OCc1ccccc1Cl. The molecule has 0 spiro atoms. The third-order valence-corrected chi connectivity index (χ3v) is 6.98. The molecular formula is C30H25ClN4O4. The maximum atomic E-state index is 13.9. The Bertz CT molecular complexity index is 1680. The highest BCUT2D eigenvalue weighted by Gasteiger charge is 2.35. The number of pyridine rings is 2. The summed E-state index contributed by atoms with van der Waals surface area (Å²) >= 11 is 6.27. The third kappa shape index (κ3) is 5.05. The van der Waals surface area contributed by atoms with E-state index in [9.17, 15) is 10.1 Å². The quantitative estimate of drug-likeness (QED) is 0.348. The van der Waals surface area contributed by atoms with Crippen LogP contribution in [0.2, 0.25) is 5.02 Å². The van der Waals surface area contributed by atoms with Crippen molar-refractivity contribution in [2.45, 2.75) is 26.0 Å². The fraction of sp³-hybridized carbons (Fsp3) is 0.167. The largest absolute Gasteiger partial charge is 0.493 e. The molecule has 2 aromatic heterocycles. The molecule has 1 aliphatic rings. The monoisotopic (exact) mass is 540 g/mol. The summed E-state index contributed by atoms with van der Waals surface area (Å²) in [5.41, 5.74) is 9.38. The molecule has 0 amide bonds. The molecule has 2 N–H and O–H groups in total. The molecule has 0 radical (unpaired) electrons. The van der Waals surface area contributed by atoms with Crippen LogP contribution in [0.5, 0.6) is 17.2 Å². The molecule has 39 heavy (non-hydrogen) atoms. The second kappa shape index (κ2) is 10.9. The number of nitriles is 1. The van der Waals surface area contributed by atoms with Crippen molar-refractivity contribution < 1.29 is 14.2 Å². The summed E-state index contributed by atoms with van der Waals surface area (Å²) in [6.45, 7) is 2.38. The fourth-order valence-electron chi connectivity index (χ4n) is 4.64. The molecule has 1 aliphatic heterocycles. The first-order chi connectivity index (χ1) is 18.9. The summed E-state index contributed by atoms with van der Waals surface area (Å²) in [6.07, 6.45) is 3.39. The molecule has 2 aromatic carbocycles. The highest BCUT2D eigenvalue weighted by molar-refractivity contribution is 6.31. The zero-order valence-corrected chi connectivity index (χ0v) is 22.1. The topological polar surface area (TPSA) is 112 Å². The molecule has 1 unspecified atom stereocenters. The van der Waals surface area contributed by atoms with Crippen LogP contribution in [0.4, 0.5) is 0 Å². The normalized spacial score (nSPS) is 14.3. The number of nitrogens with two attached hydrogens (primary N) is 1. The van der Waals surface area contributed by atoms with Crippen molar-refractivity contribution in [3.05, 3.63) is 128 Å². The van der Waals surface area contributed by atoms with Crippen molar-refractivity contribution in [1.82, 2.24) is 9.55 Å². The van der Waals surface area contributed by atoms with Crippen LogP contribution in [0.15, 0.2) is 89.3 Å². The van der Waals surface area contributed by atoms with Crippen molar-refractivity contribution >= 4 is 11.6 Å². The molecule has 0 saturated heterocycles. The number of benzene rings is 2. The average molecular weight is 541 g/mol. The van der Waals surface area contributed by atoms with E-state index in [0.29, 0.717) is 45.6 Å². The number of methoxy groups -OCH3 is 1. The highest BCUT2D eigenvalue weighted by atomic mass is 35.5. The maximum absolute atomic E-state index is 13.9. The maximum Gasteiger partial charge on any atom is 0.259 e. The van der Waals surface area contributed by atoms with Crippen LogP contribution >= 0.6 is 11.6 Å².